The molecule has 0 spiro atoms. The summed E-state index contributed by atoms with van der Waals surface area (Å²) in [7, 11) is 3.27. The lowest BCUT2D eigenvalue weighted by Gasteiger charge is -2.03. The van der Waals surface area contributed by atoms with Crippen molar-refractivity contribution in [2.75, 3.05) is 19.0 Å². The van der Waals surface area contributed by atoms with Gasteiger partial charge in [-0.3, -0.25) is 14.8 Å². The van der Waals surface area contributed by atoms with Crippen molar-refractivity contribution in [3.63, 3.8) is 0 Å². The van der Waals surface area contributed by atoms with Gasteiger partial charge in [-0.15, -0.1) is 0 Å². The van der Waals surface area contributed by atoms with Crippen LogP contribution < -0.4 is 5.32 Å². The third-order valence-corrected chi connectivity index (χ3v) is 2.79. The first-order chi connectivity index (χ1) is 9.52. The lowest BCUT2D eigenvalue weighted by Crippen LogP contribution is -2.04. The maximum absolute atomic E-state index is 11.1. The molecule has 0 aliphatic rings. The molecule has 0 saturated heterocycles. The number of aryl methyl sites for hydroxylation is 2. The van der Waals surface area contributed by atoms with Crippen molar-refractivity contribution >= 4 is 17.2 Å². The molecule has 0 atom stereocenters. The second-order valence-electron chi connectivity index (χ2n) is 4.27. The molecule has 1 N–H and O–H groups in total. The number of nitrogens with one attached hydrogen (secondary N) is 1. The molecule has 2 heterocycles. The second kappa shape index (κ2) is 5.70. The van der Waals surface area contributed by atoms with Crippen LogP contribution in [0.2, 0.25) is 0 Å². The molecule has 0 bridgehead atoms. The van der Waals surface area contributed by atoms with Gasteiger partial charge in [0.05, 0.1) is 30.0 Å². The highest BCUT2D eigenvalue weighted by Crippen LogP contribution is 2.29. The molecule has 0 radical (unpaired) electrons. The van der Waals surface area contributed by atoms with E-state index in [4.69, 9.17) is 4.74 Å². The van der Waals surface area contributed by atoms with E-state index in [1.165, 1.54) is 4.68 Å². The first kappa shape index (κ1) is 14.0. The van der Waals surface area contributed by atoms with Crippen molar-refractivity contribution < 1.29 is 9.66 Å². The Balaban J connectivity index is 2.21. The minimum absolute atomic E-state index is 0.0304. The van der Waals surface area contributed by atoms with E-state index in [9.17, 15) is 10.1 Å². The molecular weight excluding hydrogens is 264 g/mol. The smallest absolute Gasteiger partial charge is 0.334 e. The number of rotatable bonds is 6. The Kier molecular flexibility index (Phi) is 3.99. The maximum atomic E-state index is 11.1. The van der Waals surface area contributed by atoms with Crippen molar-refractivity contribution in [3.05, 3.63) is 28.2 Å². The fourth-order valence-corrected chi connectivity index (χ4v) is 1.88. The molecule has 9 nitrogen and oxygen atoms in total. The monoisotopic (exact) mass is 280 g/mol. The van der Waals surface area contributed by atoms with Gasteiger partial charge in [-0.1, -0.05) is 0 Å². The van der Waals surface area contributed by atoms with Crippen molar-refractivity contribution in [1.82, 2.24) is 19.6 Å². The average Bonchev–Trinajstić information content (AvgIpc) is 2.93. The van der Waals surface area contributed by atoms with Crippen LogP contribution in [0.3, 0.4) is 0 Å². The van der Waals surface area contributed by atoms with E-state index < -0.39 is 4.92 Å². The van der Waals surface area contributed by atoms with Gasteiger partial charge < -0.3 is 10.1 Å². The molecule has 0 aromatic carbocycles. The van der Waals surface area contributed by atoms with Crippen molar-refractivity contribution in [1.29, 1.82) is 0 Å². The van der Waals surface area contributed by atoms with Gasteiger partial charge in [0.2, 0.25) is 5.82 Å². The topological polar surface area (TPSA) is 100 Å². The minimum Gasteiger partial charge on any atom is -0.383 e. The van der Waals surface area contributed by atoms with Gasteiger partial charge in [0.15, 0.2) is 0 Å². The summed E-state index contributed by atoms with van der Waals surface area (Å²) in [5.74, 6) is 0.332. The van der Waals surface area contributed by atoms with E-state index in [0.717, 1.165) is 0 Å². The summed E-state index contributed by atoms with van der Waals surface area (Å²) < 4.78 is 8.10. The Hall–Kier alpha value is -2.42. The molecule has 9 heteroatoms. The number of anilines is 2. The summed E-state index contributed by atoms with van der Waals surface area (Å²) in [5, 5.41) is 22.2. The summed E-state index contributed by atoms with van der Waals surface area (Å²) in [6.45, 7) is 2.77. The van der Waals surface area contributed by atoms with Gasteiger partial charge in [-0.25, -0.2) is 4.68 Å². The molecule has 2 aromatic rings. The minimum atomic E-state index is -0.444. The Labute approximate surface area is 115 Å². The van der Waals surface area contributed by atoms with Crippen LogP contribution in [-0.2, 0) is 18.3 Å². The van der Waals surface area contributed by atoms with Crippen LogP contribution in [-0.4, -0.2) is 38.2 Å². The van der Waals surface area contributed by atoms with Crippen LogP contribution in [0.5, 0.6) is 0 Å². The lowest BCUT2D eigenvalue weighted by atomic mass is 10.4. The zero-order valence-corrected chi connectivity index (χ0v) is 11.5. The van der Waals surface area contributed by atoms with Gasteiger partial charge in [0, 0.05) is 20.4 Å². The van der Waals surface area contributed by atoms with Crippen LogP contribution in [0.25, 0.3) is 0 Å². The number of hydrogen-bond acceptors (Lipinski definition) is 6. The third-order valence-electron chi connectivity index (χ3n) is 2.79. The number of aromatic nitrogens is 4. The highest BCUT2D eigenvalue weighted by molar-refractivity contribution is 5.66. The van der Waals surface area contributed by atoms with Gasteiger partial charge in [-0.05, 0) is 6.92 Å². The predicted octanol–water partition coefficient (Wildman–Crippen LogP) is 1.22. The molecule has 2 rings (SSSR count). The molecule has 20 heavy (non-hydrogen) atoms. The fourth-order valence-electron chi connectivity index (χ4n) is 1.88. The standard InChI is InChI=1S/C11H16N6O3/c1-8-10(17(18)19)11(15(2)14-8)13-9-6-12-16(7-9)4-5-20-3/h6-7,13H,4-5H2,1-3H3. The zero-order valence-electron chi connectivity index (χ0n) is 11.5. The van der Waals surface area contributed by atoms with Crippen LogP contribution in [0.4, 0.5) is 17.2 Å². The first-order valence-electron chi connectivity index (χ1n) is 5.99. The lowest BCUT2D eigenvalue weighted by molar-refractivity contribution is -0.384. The largest absolute Gasteiger partial charge is 0.383 e. The maximum Gasteiger partial charge on any atom is 0.334 e. The third kappa shape index (κ3) is 2.77. The van der Waals surface area contributed by atoms with E-state index in [1.54, 1.807) is 38.2 Å². The van der Waals surface area contributed by atoms with Crippen LogP contribution >= 0.6 is 0 Å². The number of nitrogens with zero attached hydrogens (tertiary/aromatic N) is 5. The first-order valence-corrected chi connectivity index (χ1v) is 5.99. The van der Waals surface area contributed by atoms with E-state index in [2.05, 4.69) is 15.5 Å². The van der Waals surface area contributed by atoms with E-state index >= 15 is 0 Å². The Morgan fingerprint density at radius 3 is 2.95 bits per heavy atom. The number of nitro groups is 1. The van der Waals surface area contributed by atoms with Gasteiger partial charge >= 0.3 is 5.69 Å². The molecule has 0 amide bonds. The highest BCUT2D eigenvalue weighted by Gasteiger charge is 2.24. The van der Waals surface area contributed by atoms with Gasteiger partial charge in [0.25, 0.3) is 0 Å². The summed E-state index contributed by atoms with van der Waals surface area (Å²) in [6, 6.07) is 0. The average molecular weight is 280 g/mol. The zero-order chi connectivity index (χ0) is 14.7. The Morgan fingerprint density at radius 1 is 1.55 bits per heavy atom. The molecule has 108 valence electrons. The van der Waals surface area contributed by atoms with Gasteiger partial charge in [0.1, 0.15) is 5.69 Å². The van der Waals surface area contributed by atoms with E-state index in [-0.39, 0.29) is 5.69 Å². The van der Waals surface area contributed by atoms with Crippen molar-refractivity contribution in [2.45, 2.75) is 13.5 Å². The van der Waals surface area contributed by atoms with Gasteiger partial charge in [-0.2, -0.15) is 10.2 Å². The SMILES string of the molecule is COCCn1cc(Nc2c([N+](=O)[O-])c(C)nn2C)cn1. The highest BCUT2D eigenvalue weighted by atomic mass is 16.6. The summed E-state index contributed by atoms with van der Waals surface area (Å²) >= 11 is 0. The Bertz CT molecular complexity index is 618. The molecule has 0 aliphatic carbocycles. The summed E-state index contributed by atoms with van der Waals surface area (Å²) in [5.41, 5.74) is 0.996. The van der Waals surface area contributed by atoms with Crippen molar-refractivity contribution in [2.24, 2.45) is 7.05 Å². The molecule has 2 aromatic heterocycles. The van der Waals surface area contributed by atoms with Crippen LogP contribution in [0.15, 0.2) is 12.4 Å². The molecule has 0 fully saturated rings. The van der Waals surface area contributed by atoms with Crippen molar-refractivity contribution in [3.8, 4) is 0 Å². The molecular formula is C11H16N6O3. The molecule has 0 unspecified atom stereocenters. The number of hydrogen-bond donors (Lipinski definition) is 1. The number of ether oxygens (including phenoxy) is 1. The fraction of sp³-hybridized carbons (Fsp3) is 0.455. The van der Waals surface area contributed by atoms with Crippen LogP contribution in [0, 0.1) is 17.0 Å². The van der Waals surface area contributed by atoms with E-state index in [1.807, 2.05) is 0 Å². The molecule has 0 saturated carbocycles. The molecule has 0 aliphatic heterocycles. The summed E-state index contributed by atoms with van der Waals surface area (Å²) in [4.78, 5) is 10.6. The van der Waals surface area contributed by atoms with E-state index in [0.29, 0.717) is 30.4 Å². The summed E-state index contributed by atoms with van der Waals surface area (Å²) in [6.07, 6.45) is 3.35. The van der Waals surface area contributed by atoms with Crippen LogP contribution in [0.1, 0.15) is 5.69 Å². The predicted molar refractivity (Wildman–Crippen MR) is 72.0 cm³/mol. The normalized spacial score (nSPS) is 10.8. The number of methoxy groups -OCH3 is 1. The second-order valence-corrected chi connectivity index (χ2v) is 4.27. The quantitative estimate of drug-likeness (QED) is 0.631. The Morgan fingerprint density at radius 2 is 2.30 bits per heavy atom.